The molecule has 1 N–H and O–H groups in total. The monoisotopic (exact) mass is 450 g/mol. The molecule has 9 heteroatoms. The molecule has 0 atom stereocenters. The number of piperidine rings is 1. The van der Waals surface area contributed by atoms with Gasteiger partial charge in [0.2, 0.25) is 0 Å². The Bertz CT molecular complexity index is 906. The van der Waals surface area contributed by atoms with Crippen molar-refractivity contribution in [1.29, 1.82) is 0 Å². The quantitative estimate of drug-likeness (QED) is 0.695. The third-order valence-corrected chi connectivity index (χ3v) is 5.11. The number of benzene rings is 2. The summed E-state index contributed by atoms with van der Waals surface area (Å²) in [5.74, 6) is 0.705. The second-order valence-electron chi connectivity index (χ2n) is 7.40. The van der Waals surface area contributed by atoms with Gasteiger partial charge in [-0.1, -0.05) is 0 Å². The number of alkyl halides is 3. The van der Waals surface area contributed by atoms with Crippen LogP contribution < -0.4 is 14.8 Å². The molecule has 1 heterocycles. The summed E-state index contributed by atoms with van der Waals surface area (Å²) in [4.78, 5) is 26.3. The molecule has 1 fully saturated rings. The van der Waals surface area contributed by atoms with Crippen LogP contribution in [0.15, 0.2) is 48.5 Å². The number of nitrogens with one attached hydrogen (secondary N) is 1. The second-order valence-corrected chi connectivity index (χ2v) is 7.40. The van der Waals surface area contributed by atoms with Crippen molar-refractivity contribution >= 4 is 11.8 Å². The highest BCUT2D eigenvalue weighted by atomic mass is 19.4. The van der Waals surface area contributed by atoms with Crippen LogP contribution >= 0.6 is 0 Å². The van der Waals surface area contributed by atoms with E-state index in [9.17, 15) is 22.8 Å². The minimum atomic E-state index is -4.44. The van der Waals surface area contributed by atoms with Gasteiger partial charge in [0.25, 0.3) is 11.8 Å². The van der Waals surface area contributed by atoms with Gasteiger partial charge in [0, 0.05) is 24.7 Å². The van der Waals surface area contributed by atoms with Crippen LogP contribution in [0.3, 0.4) is 0 Å². The van der Waals surface area contributed by atoms with Crippen LogP contribution in [0.2, 0.25) is 0 Å². The summed E-state index contributed by atoms with van der Waals surface area (Å²) in [6, 6.07) is 11.1. The molecule has 2 aromatic carbocycles. The molecule has 0 aromatic heterocycles. The number of nitrogens with zero attached hydrogens (tertiary/aromatic N) is 1. The van der Waals surface area contributed by atoms with E-state index in [-0.39, 0.29) is 30.0 Å². The Morgan fingerprint density at radius 1 is 0.969 bits per heavy atom. The van der Waals surface area contributed by atoms with Crippen molar-refractivity contribution in [3.05, 3.63) is 59.7 Å². The number of ether oxygens (including phenoxy) is 2. The number of hydrogen-bond donors (Lipinski definition) is 1. The van der Waals surface area contributed by atoms with E-state index in [1.165, 1.54) is 12.1 Å². The van der Waals surface area contributed by atoms with Crippen molar-refractivity contribution < 1.29 is 32.2 Å². The van der Waals surface area contributed by atoms with Crippen molar-refractivity contribution in [1.82, 2.24) is 10.2 Å². The Morgan fingerprint density at radius 3 is 2.06 bits per heavy atom. The Balaban J connectivity index is 1.42. The van der Waals surface area contributed by atoms with Gasteiger partial charge in [-0.3, -0.25) is 9.59 Å². The third kappa shape index (κ3) is 6.38. The number of rotatable bonds is 7. The van der Waals surface area contributed by atoms with Gasteiger partial charge in [-0.2, -0.15) is 13.2 Å². The average molecular weight is 450 g/mol. The Labute approximate surface area is 184 Å². The van der Waals surface area contributed by atoms with Crippen molar-refractivity contribution in [2.75, 3.05) is 26.3 Å². The lowest BCUT2D eigenvalue weighted by atomic mass is 10.0. The Hall–Kier alpha value is -3.23. The van der Waals surface area contributed by atoms with Gasteiger partial charge in [-0.25, -0.2) is 0 Å². The molecule has 3 rings (SSSR count). The summed E-state index contributed by atoms with van der Waals surface area (Å²) >= 11 is 0. The summed E-state index contributed by atoms with van der Waals surface area (Å²) in [6.07, 6.45) is -3.32. The van der Waals surface area contributed by atoms with Crippen LogP contribution in [0.5, 0.6) is 11.5 Å². The predicted octanol–water partition coefficient (Wildman–Crippen LogP) is 3.90. The lowest BCUT2D eigenvalue weighted by Crippen LogP contribution is -2.47. The van der Waals surface area contributed by atoms with Gasteiger partial charge >= 0.3 is 6.18 Å². The molecule has 0 aliphatic carbocycles. The molecule has 0 saturated carbocycles. The standard InChI is InChI=1S/C23H25F3N2O4/c1-2-31-19-7-9-20(10-8-19)32-15-21(29)27-18-11-13-28(14-12-18)22(30)16-3-5-17(6-4-16)23(24,25)26/h3-10,18H,2,11-15H2,1H3,(H,27,29). The molecule has 0 spiro atoms. The Morgan fingerprint density at radius 2 is 1.53 bits per heavy atom. The van der Waals surface area contributed by atoms with Crippen LogP contribution in [-0.4, -0.2) is 49.1 Å². The minimum Gasteiger partial charge on any atom is -0.494 e. The van der Waals surface area contributed by atoms with Gasteiger partial charge in [0.15, 0.2) is 6.61 Å². The summed E-state index contributed by atoms with van der Waals surface area (Å²) < 4.78 is 48.9. The topological polar surface area (TPSA) is 67.9 Å². The molecular weight excluding hydrogens is 425 g/mol. The minimum absolute atomic E-state index is 0.0944. The molecule has 1 aliphatic rings. The number of halogens is 3. The summed E-state index contributed by atoms with van der Waals surface area (Å²) in [7, 11) is 0. The van der Waals surface area contributed by atoms with Crippen LogP contribution in [0, 0.1) is 0 Å². The number of carbonyl (C=O) groups is 2. The molecule has 0 radical (unpaired) electrons. The van der Waals surface area contributed by atoms with Gasteiger partial charge in [-0.15, -0.1) is 0 Å². The largest absolute Gasteiger partial charge is 0.494 e. The second kappa shape index (κ2) is 10.4. The molecule has 172 valence electrons. The number of amides is 2. The van der Waals surface area contributed by atoms with Gasteiger partial charge in [0.1, 0.15) is 11.5 Å². The first-order valence-corrected chi connectivity index (χ1v) is 10.4. The van der Waals surface area contributed by atoms with Crippen LogP contribution in [0.1, 0.15) is 35.7 Å². The first-order chi connectivity index (χ1) is 15.3. The number of hydrogen-bond acceptors (Lipinski definition) is 4. The SMILES string of the molecule is CCOc1ccc(OCC(=O)NC2CCN(C(=O)c3ccc(C(F)(F)F)cc3)CC2)cc1. The zero-order valence-electron chi connectivity index (χ0n) is 17.7. The lowest BCUT2D eigenvalue weighted by molar-refractivity contribution is -0.137. The first-order valence-electron chi connectivity index (χ1n) is 10.4. The highest BCUT2D eigenvalue weighted by Crippen LogP contribution is 2.29. The normalized spacial score (nSPS) is 14.7. The van der Waals surface area contributed by atoms with E-state index in [0.717, 1.165) is 17.9 Å². The van der Waals surface area contributed by atoms with E-state index in [0.29, 0.717) is 38.3 Å². The molecule has 1 aliphatic heterocycles. The zero-order chi connectivity index (χ0) is 23.1. The van der Waals surface area contributed by atoms with E-state index in [1.807, 2.05) is 6.92 Å². The van der Waals surface area contributed by atoms with Crippen LogP contribution in [0.25, 0.3) is 0 Å². The molecule has 6 nitrogen and oxygen atoms in total. The fraction of sp³-hybridized carbons (Fsp3) is 0.391. The van der Waals surface area contributed by atoms with Crippen molar-refractivity contribution in [3.8, 4) is 11.5 Å². The van der Waals surface area contributed by atoms with Crippen molar-refractivity contribution in [2.45, 2.75) is 32.0 Å². The van der Waals surface area contributed by atoms with Gasteiger partial charge in [0.05, 0.1) is 12.2 Å². The fourth-order valence-corrected chi connectivity index (χ4v) is 3.43. The maximum Gasteiger partial charge on any atom is 0.416 e. The smallest absolute Gasteiger partial charge is 0.416 e. The van der Waals surface area contributed by atoms with E-state index in [4.69, 9.17) is 9.47 Å². The van der Waals surface area contributed by atoms with Crippen molar-refractivity contribution in [3.63, 3.8) is 0 Å². The third-order valence-electron chi connectivity index (χ3n) is 5.11. The molecule has 2 amide bonds. The highest BCUT2D eigenvalue weighted by Gasteiger charge is 2.31. The lowest BCUT2D eigenvalue weighted by Gasteiger charge is -2.32. The molecular formula is C23H25F3N2O4. The van der Waals surface area contributed by atoms with Gasteiger partial charge in [-0.05, 0) is 68.3 Å². The van der Waals surface area contributed by atoms with Crippen LogP contribution in [0.4, 0.5) is 13.2 Å². The zero-order valence-corrected chi connectivity index (χ0v) is 17.7. The maximum absolute atomic E-state index is 12.7. The molecule has 0 bridgehead atoms. The first kappa shape index (κ1) is 23.4. The molecule has 2 aromatic rings. The molecule has 0 unspecified atom stereocenters. The van der Waals surface area contributed by atoms with Crippen LogP contribution in [-0.2, 0) is 11.0 Å². The summed E-state index contributed by atoms with van der Waals surface area (Å²) in [6.45, 7) is 3.15. The van der Waals surface area contributed by atoms with E-state index in [2.05, 4.69) is 5.32 Å². The molecule has 1 saturated heterocycles. The maximum atomic E-state index is 12.7. The van der Waals surface area contributed by atoms with Crippen molar-refractivity contribution in [2.24, 2.45) is 0 Å². The number of likely N-dealkylation sites (tertiary alicyclic amines) is 1. The average Bonchev–Trinajstić information content (AvgIpc) is 2.78. The summed E-state index contributed by atoms with van der Waals surface area (Å²) in [5, 5.41) is 2.89. The van der Waals surface area contributed by atoms with E-state index >= 15 is 0 Å². The number of carbonyl (C=O) groups excluding carboxylic acids is 2. The van der Waals surface area contributed by atoms with Gasteiger partial charge < -0.3 is 19.7 Å². The Kier molecular flexibility index (Phi) is 7.61. The fourth-order valence-electron chi connectivity index (χ4n) is 3.43. The highest BCUT2D eigenvalue weighted by molar-refractivity contribution is 5.94. The van der Waals surface area contributed by atoms with E-state index < -0.39 is 11.7 Å². The summed E-state index contributed by atoms with van der Waals surface area (Å²) in [5.41, 5.74) is -0.577. The predicted molar refractivity (Wildman–Crippen MR) is 112 cm³/mol. The van der Waals surface area contributed by atoms with E-state index in [1.54, 1.807) is 29.2 Å². The molecule has 32 heavy (non-hydrogen) atoms.